The van der Waals surface area contributed by atoms with E-state index in [-0.39, 0.29) is 18.7 Å². The number of fused-ring (bicyclic) bond motifs is 1. The average Bonchev–Trinajstić information content (AvgIpc) is 3.45. The fourth-order valence-corrected chi connectivity index (χ4v) is 5.15. The van der Waals surface area contributed by atoms with Crippen LogP contribution in [0.15, 0.2) is 47.1 Å². The molecule has 7 nitrogen and oxygen atoms in total. The summed E-state index contributed by atoms with van der Waals surface area (Å²) < 4.78 is 25.4. The molecular weight excluding hydrogens is 423 g/mol. The van der Waals surface area contributed by atoms with Gasteiger partial charge in [-0.25, -0.2) is 9.29 Å². The first-order valence-corrected chi connectivity index (χ1v) is 11.4. The van der Waals surface area contributed by atoms with Crippen LogP contribution < -0.4 is 10.2 Å². The molecule has 2 saturated heterocycles. The molecule has 1 aromatic carbocycles. The quantitative estimate of drug-likeness (QED) is 0.517. The third-order valence-corrected chi connectivity index (χ3v) is 6.55. The molecule has 2 aliphatic heterocycles. The van der Waals surface area contributed by atoms with Gasteiger partial charge in [-0.15, -0.1) is 0 Å². The number of carbonyl (C=O) groups excluding carboxylic acids is 3. The van der Waals surface area contributed by atoms with E-state index in [1.807, 2.05) is 6.26 Å². The Morgan fingerprint density at radius 2 is 2.03 bits per heavy atom. The van der Waals surface area contributed by atoms with Crippen LogP contribution in [-0.2, 0) is 19.1 Å². The van der Waals surface area contributed by atoms with Gasteiger partial charge in [-0.1, -0.05) is 12.1 Å². The molecule has 4 atom stereocenters. The minimum atomic E-state index is -1.42. The number of thioether (sulfide) groups is 1. The third kappa shape index (κ3) is 3.36. The smallest absolute Gasteiger partial charge is 0.327 e. The summed E-state index contributed by atoms with van der Waals surface area (Å²) >= 11 is 1.52. The summed E-state index contributed by atoms with van der Waals surface area (Å²) in [5.41, 5.74) is -1.54. The van der Waals surface area contributed by atoms with Crippen LogP contribution in [0.3, 0.4) is 0 Å². The Balaban J connectivity index is 1.85. The topological polar surface area (TPSA) is 88.8 Å². The zero-order valence-electron chi connectivity index (χ0n) is 17.2. The lowest BCUT2D eigenvalue weighted by atomic mass is 9.78. The summed E-state index contributed by atoms with van der Waals surface area (Å²) in [4.78, 5) is 41.2. The first-order valence-electron chi connectivity index (χ1n) is 10.1. The van der Waals surface area contributed by atoms with Crippen LogP contribution in [0.4, 0.5) is 10.1 Å². The van der Waals surface area contributed by atoms with Gasteiger partial charge in [-0.2, -0.15) is 11.8 Å². The second kappa shape index (κ2) is 8.47. The van der Waals surface area contributed by atoms with E-state index in [2.05, 4.69) is 5.32 Å². The van der Waals surface area contributed by atoms with Gasteiger partial charge in [0.25, 0.3) is 0 Å². The summed E-state index contributed by atoms with van der Waals surface area (Å²) in [5, 5.41) is 3.23. The van der Waals surface area contributed by atoms with Crippen LogP contribution in [0.25, 0.3) is 0 Å². The van der Waals surface area contributed by atoms with Crippen LogP contribution in [0.2, 0.25) is 0 Å². The predicted molar refractivity (Wildman–Crippen MR) is 113 cm³/mol. The number of hydrogen-bond acceptors (Lipinski definition) is 7. The maximum atomic E-state index is 14.5. The lowest BCUT2D eigenvalue weighted by molar-refractivity contribution is -0.154. The summed E-state index contributed by atoms with van der Waals surface area (Å²) in [6.45, 7) is 1.81. The van der Waals surface area contributed by atoms with Gasteiger partial charge >= 0.3 is 5.97 Å². The first kappa shape index (κ1) is 21.6. The molecule has 0 spiro atoms. The largest absolute Gasteiger partial charge is 0.468 e. The fourth-order valence-electron chi connectivity index (χ4n) is 4.63. The van der Waals surface area contributed by atoms with Crippen LogP contribution in [0.1, 0.15) is 25.1 Å². The Hall–Kier alpha value is -2.65. The summed E-state index contributed by atoms with van der Waals surface area (Å²) in [6, 6.07) is 8.26. The number of para-hydroxylation sites is 1. The van der Waals surface area contributed by atoms with Crippen molar-refractivity contribution in [2.75, 3.05) is 23.5 Å². The Morgan fingerprint density at radius 3 is 2.68 bits per heavy atom. The van der Waals surface area contributed by atoms with Gasteiger partial charge in [0.15, 0.2) is 0 Å². The zero-order valence-corrected chi connectivity index (χ0v) is 18.0. The molecule has 9 heteroatoms. The molecule has 0 radical (unpaired) electrons. The number of anilines is 1. The molecule has 1 aromatic heterocycles. The number of furan rings is 1. The highest BCUT2D eigenvalue weighted by Gasteiger charge is 2.69. The molecule has 0 bridgehead atoms. The molecular formula is C22H23FN2O5S. The first-order chi connectivity index (χ1) is 15.0. The number of imide groups is 1. The van der Waals surface area contributed by atoms with Crippen molar-refractivity contribution < 1.29 is 27.9 Å². The summed E-state index contributed by atoms with van der Waals surface area (Å²) in [6.07, 6.45) is 3.63. The molecule has 2 amide bonds. The second-order valence-corrected chi connectivity index (χ2v) is 8.52. The van der Waals surface area contributed by atoms with Gasteiger partial charge in [-0.3, -0.25) is 19.7 Å². The van der Waals surface area contributed by atoms with Gasteiger partial charge in [0.2, 0.25) is 11.8 Å². The SMILES string of the molecule is CCOC(=O)[C@]1(CCSC)N[C@@H](c2ccco2)[C@H]2C(=O)N(c3ccccc3F)C(=O)[C@@H]21. The Kier molecular flexibility index (Phi) is 5.90. The normalized spacial score (nSPS) is 27.6. The van der Waals surface area contributed by atoms with Crippen LogP contribution in [0, 0.1) is 17.7 Å². The van der Waals surface area contributed by atoms with E-state index >= 15 is 0 Å². The van der Waals surface area contributed by atoms with E-state index in [1.165, 1.54) is 36.2 Å². The summed E-state index contributed by atoms with van der Waals surface area (Å²) in [5.74, 6) is -3.43. The van der Waals surface area contributed by atoms with Gasteiger partial charge in [0, 0.05) is 0 Å². The Bertz CT molecular complexity index is 998. The van der Waals surface area contributed by atoms with Crippen molar-refractivity contribution in [2.45, 2.75) is 24.9 Å². The van der Waals surface area contributed by atoms with E-state index in [1.54, 1.807) is 25.1 Å². The highest BCUT2D eigenvalue weighted by Crippen LogP contribution is 2.51. The molecule has 31 heavy (non-hydrogen) atoms. The number of ether oxygens (including phenoxy) is 1. The molecule has 3 heterocycles. The van der Waals surface area contributed by atoms with Crippen LogP contribution in [-0.4, -0.2) is 41.9 Å². The van der Waals surface area contributed by atoms with Gasteiger partial charge in [0.1, 0.15) is 17.1 Å². The van der Waals surface area contributed by atoms with Gasteiger partial charge in [0.05, 0.1) is 36.4 Å². The van der Waals surface area contributed by atoms with Crippen molar-refractivity contribution in [3.8, 4) is 0 Å². The minimum Gasteiger partial charge on any atom is -0.468 e. The number of nitrogens with one attached hydrogen (secondary N) is 1. The van der Waals surface area contributed by atoms with Gasteiger partial charge < -0.3 is 9.15 Å². The van der Waals surface area contributed by atoms with Crippen LogP contribution >= 0.6 is 11.8 Å². The summed E-state index contributed by atoms with van der Waals surface area (Å²) in [7, 11) is 0. The fraction of sp³-hybridized carbons (Fsp3) is 0.409. The lowest BCUT2D eigenvalue weighted by Crippen LogP contribution is -2.57. The van der Waals surface area contributed by atoms with E-state index in [9.17, 15) is 18.8 Å². The minimum absolute atomic E-state index is 0.118. The molecule has 164 valence electrons. The van der Waals surface area contributed by atoms with Crippen molar-refractivity contribution in [1.29, 1.82) is 0 Å². The monoisotopic (exact) mass is 446 g/mol. The third-order valence-electron chi connectivity index (χ3n) is 5.94. The Morgan fingerprint density at radius 1 is 1.26 bits per heavy atom. The van der Waals surface area contributed by atoms with E-state index in [0.29, 0.717) is 11.5 Å². The molecule has 2 aromatic rings. The van der Waals surface area contributed by atoms with Crippen LogP contribution in [0.5, 0.6) is 0 Å². The predicted octanol–water partition coefficient (Wildman–Crippen LogP) is 2.92. The highest BCUT2D eigenvalue weighted by molar-refractivity contribution is 7.98. The maximum Gasteiger partial charge on any atom is 0.327 e. The van der Waals surface area contributed by atoms with Crippen molar-refractivity contribution in [3.05, 3.63) is 54.2 Å². The van der Waals surface area contributed by atoms with E-state index < -0.39 is 47.0 Å². The molecule has 1 N–H and O–H groups in total. The number of rotatable bonds is 7. The zero-order chi connectivity index (χ0) is 22.2. The van der Waals surface area contributed by atoms with Crippen molar-refractivity contribution in [1.82, 2.24) is 5.32 Å². The standard InChI is InChI=1S/C22H23FN2O5S/c1-3-29-21(28)22(10-12-31-2)17-16(18(24-22)15-9-6-11-30-15)19(26)25(20(17)27)14-8-5-4-7-13(14)23/h4-9,11,16-18,24H,3,10,12H2,1-2H3/t16-,17+,18-,22+/m0/s1. The highest BCUT2D eigenvalue weighted by atomic mass is 32.2. The van der Waals surface area contributed by atoms with Crippen molar-refractivity contribution >= 4 is 35.2 Å². The number of nitrogens with zero attached hydrogens (tertiary/aromatic N) is 1. The van der Waals surface area contributed by atoms with Gasteiger partial charge in [-0.05, 0) is 49.6 Å². The van der Waals surface area contributed by atoms with Crippen molar-refractivity contribution in [2.24, 2.45) is 11.8 Å². The molecule has 0 aliphatic carbocycles. The number of halogens is 1. The number of carbonyl (C=O) groups is 3. The number of hydrogen-bond donors (Lipinski definition) is 1. The number of esters is 1. The molecule has 4 rings (SSSR count). The second-order valence-electron chi connectivity index (χ2n) is 7.54. The molecule has 0 unspecified atom stereocenters. The Labute approximate surface area is 183 Å². The average molecular weight is 447 g/mol. The lowest BCUT2D eigenvalue weighted by Gasteiger charge is -2.32. The molecule has 2 aliphatic rings. The molecule has 0 saturated carbocycles. The van der Waals surface area contributed by atoms with Crippen molar-refractivity contribution in [3.63, 3.8) is 0 Å². The maximum absolute atomic E-state index is 14.5. The van der Waals surface area contributed by atoms with E-state index in [4.69, 9.17) is 9.15 Å². The number of benzene rings is 1. The molecule has 2 fully saturated rings. The number of amides is 2. The van der Waals surface area contributed by atoms with E-state index in [0.717, 1.165) is 4.90 Å².